The molecule has 6 nitrogen and oxygen atoms in total. The van der Waals surface area contributed by atoms with Crippen LogP contribution < -0.4 is 4.74 Å². The fraction of sp³-hybridized carbons (Fsp3) is 0.579. The van der Waals surface area contributed by atoms with Gasteiger partial charge >= 0.3 is 6.09 Å². The summed E-state index contributed by atoms with van der Waals surface area (Å²) in [5, 5.41) is 18.1. The van der Waals surface area contributed by atoms with Crippen molar-refractivity contribution in [2.24, 2.45) is 0 Å². The molecule has 0 aromatic heterocycles. The van der Waals surface area contributed by atoms with Crippen LogP contribution in [-0.4, -0.2) is 45.5 Å². The van der Waals surface area contributed by atoms with Crippen LogP contribution in [0.25, 0.3) is 0 Å². The molecule has 1 aliphatic heterocycles. The predicted octanol–water partition coefficient (Wildman–Crippen LogP) is 4.28. The lowest BCUT2D eigenvalue weighted by atomic mass is 9.92. The van der Waals surface area contributed by atoms with Crippen LogP contribution >= 0.6 is 12.1 Å². The minimum Gasteiger partial charge on any atom is -0.487 e. The molecule has 1 aromatic carbocycles. The lowest BCUT2D eigenvalue weighted by Gasteiger charge is -2.28. The van der Waals surface area contributed by atoms with Crippen LogP contribution in [0.2, 0.25) is 0 Å². The van der Waals surface area contributed by atoms with Crippen molar-refractivity contribution in [1.29, 1.82) is 5.26 Å². The van der Waals surface area contributed by atoms with Crippen molar-refractivity contribution in [2.75, 3.05) is 20.1 Å². The predicted molar refractivity (Wildman–Crippen MR) is 103 cm³/mol. The third-order valence-electron chi connectivity index (χ3n) is 4.46. The van der Waals surface area contributed by atoms with Gasteiger partial charge in [-0.25, -0.2) is 13.4 Å². The first-order valence-corrected chi connectivity index (χ1v) is 9.58. The zero-order chi connectivity index (χ0) is 19.3. The van der Waals surface area contributed by atoms with Gasteiger partial charge in [-0.1, -0.05) is 25.1 Å². The number of amides is 1. The molecule has 0 spiro atoms. The van der Waals surface area contributed by atoms with E-state index < -0.39 is 6.09 Å². The van der Waals surface area contributed by atoms with Crippen molar-refractivity contribution in [3.8, 4) is 11.8 Å². The van der Waals surface area contributed by atoms with Gasteiger partial charge in [-0.2, -0.15) is 5.26 Å². The smallest absolute Gasteiger partial charge is 0.418 e. The normalized spacial score (nSPS) is 15.8. The maximum absolute atomic E-state index is 11.2. The summed E-state index contributed by atoms with van der Waals surface area (Å²) in [5.74, 6) is 1.17. The van der Waals surface area contributed by atoms with E-state index in [2.05, 4.69) is 45.0 Å². The van der Waals surface area contributed by atoms with Gasteiger partial charge in [0.2, 0.25) is 0 Å². The van der Waals surface area contributed by atoms with Crippen molar-refractivity contribution >= 4 is 18.2 Å². The molecular weight excluding hydrogens is 350 g/mol. The summed E-state index contributed by atoms with van der Waals surface area (Å²) in [6.07, 6.45) is 1.14. The molecule has 1 unspecified atom stereocenters. The molecule has 142 valence electrons. The fourth-order valence-corrected chi connectivity index (χ4v) is 4.04. The Hall–Kier alpha value is -1.91. The maximum atomic E-state index is 11.2. The molecule has 2 rings (SSSR count). The summed E-state index contributed by atoms with van der Waals surface area (Å²) in [7, 11) is 1.51. The summed E-state index contributed by atoms with van der Waals surface area (Å²) in [6, 6.07) is 8.42. The molecule has 1 aliphatic rings. The number of carboxylic acid groups (broad SMARTS) is 1. The number of carbonyl (C=O) groups is 1. The average molecular weight is 378 g/mol. The molecule has 0 saturated carbocycles. The van der Waals surface area contributed by atoms with E-state index in [1.54, 1.807) is 0 Å². The second kappa shape index (κ2) is 8.65. The first kappa shape index (κ1) is 20.4. The zero-order valence-electron chi connectivity index (χ0n) is 15.9. The molecule has 0 fully saturated rings. The highest BCUT2D eigenvalue weighted by molar-refractivity contribution is 7.95. The second-order valence-corrected chi connectivity index (χ2v) is 8.36. The van der Waals surface area contributed by atoms with E-state index in [4.69, 9.17) is 15.1 Å². The number of rotatable bonds is 8. The van der Waals surface area contributed by atoms with Gasteiger partial charge < -0.3 is 9.84 Å². The van der Waals surface area contributed by atoms with E-state index in [-0.39, 0.29) is 11.5 Å². The highest BCUT2D eigenvalue weighted by atomic mass is 32.2. The summed E-state index contributed by atoms with van der Waals surface area (Å²) < 4.78 is 9.32. The van der Waals surface area contributed by atoms with Gasteiger partial charge in [0.25, 0.3) is 0 Å². The summed E-state index contributed by atoms with van der Waals surface area (Å²) in [4.78, 5) is 11.2. The fourth-order valence-electron chi connectivity index (χ4n) is 3.20. The molecule has 1 heterocycles. The van der Waals surface area contributed by atoms with E-state index in [1.165, 1.54) is 16.9 Å². The maximum Gasteiger partial charge on any atom is 0.418 e. The largest absolute Gasteiger partial charge is 0.487 e. The molecule has 26 heavy (non-hydrogen) atoms. The Labute approximate surface area is 160 Å². The minimum absolute atomic E-state index is 0.199. The molecule has 1 aromatic rings. The Morgan fingerprint density at radius 3 is 2.85 bits per heavy atom. The molecule has 1 N–H and O–H groups in total. The number of fused-ring (bicyclic) bond motifs is 1. The van der Waals surface area contributed by atoms with Crippen LogP contribution in [0.1, 0.15) is 50.7 Å². The average Bonchev–Trinajstić information content (AvgIpc) is 2.90. The van der Waals surface area contributed by atoms with Crippen LogP contribution in [0.3, 0.4) is 0 Å². The molecule has 0 aliphatic carbocycles. The third kappa shape index (κ3) is 5.05. The van der Waals surface area contributed by atoms with Gasteiger partial charge in [0, 0.05) is 51.0 Å². The molecule has 0 radical (unpaired) electrons. The molecule has 0 bridgehead atoms. The van der Waals surface area contributed by atoms with Gasteiger partial charge in [-0.3, -0.25) is 0 Å². The Morgan fingerprint density at radius 2 is 2.23 bits per heavy atom. The number of ether oxygens (including phenoxy) is 1. The first-order chi connectivity index (χ1) is 12.3. The van der Waals surface area contributed by atoms with E-state index in [1.807, 2.05) is 4.31 Å². The molecule has 7 heteroatoms. The SMILES string of the molecule is CCC(CN(CCC#N)SN(C)C(=O)O)c1cccc2c1OC(C)(C)C2. The zero-order valence-corrected chi connectivity index (χ0v) is 16.7. The Balaban J connectivity index is 2.20. The highest BCUT2D eigenvalue weighted by Gasteiger charge is 2.33. The van der Waals surface area contributed by atoms with E-state index in [0.717, 1.165) is 36.3 Å². The third-order valence-corrected chi connectivity index (χ3v) is 5.42. The van der Waals surface area contributed by atoms with Gasteiger partial charge in [-0.15, -0.1) is 0 Å². The number of nitriles is 1. The van der Waals surface area contributed by atoms with Crippen LogP contribution in [-0.2, 0) is 6.42 Å². The topological polar surface area (TPSA) is 76.8 Å². The van der Waals surface area contributed by atoms with E-state index >= 15 is 0 Å². The van der Waals surface area contributed by atoms with Crippen molar-refractivity contribution in [3.05, 3.63) is 29.3 Å². The van der Waals surface area contributed by atoms with Gasteiger partial charge in [0.15, 0.2) is 0 Å². The molecular formula is C19H27N3O3S. The number of benzene rings is 1. The van der Waals surface area contributed by atoms with Crippen LogP contribution in [0.5, 0.6) is 5.75 Å². The van der Waals surface area contributed by atoms with Crippen LogP contribution in [0, 0.1) is 11.3 Å². The standard InChI is InChI=1S/C19H27N3O3S/c1-5-14(13-22(11-7-10-20)26-21(4)18(23)24)16-9-6-8-15-12-19(2,3)25-17(15)16/h6,8-9,14H,5,7,11-13H2,1-4H3,(H,23,24). The van der Waals surface area contributed by atoms with Crippen molar-refractivity contribution in [2.45, 2.75) is 51.6 Å². The molecule has 1 atom stereocenters. The van der Waals surface area contributed by atoms with Gasteiger partial charge in [-0.05, 0) is 31.4 Å². The van der Waals surface area contributed by atoms with Crippen molar-refractivity contribution in [1.82, 2.24) is 8.61 Å². The minimum atomic E-state index is -1.00. The van der Waals surface area contributed by atoms with Crippen molar-refractivity contribution in [3.63, 3.8) is 0 Å². The number of para-hydroxylation sites is 1. The lowest BCUT2D eigenvalue weighted by Crippen LogP contribution is -2.30. The van der Waals surface area contributed by atoms with Crippen LogP contribution in [0.4, 0.5) is 4.79 Å². The number of hydrogen-bond acceptors (Lipinski definition) is 5. The highest BCUT2D eigenvalue weighted by Crippen LogP contribution is 2.41. The van der Waals surface area contributed by atoms with Gasteiger partial charge in [0.1, 0.15) is 11.4 Å². The Morgan fingerprint density at radius 1 is 1.50 bits per heavy atom. The molecule has 0 saturated heterocycles. The quantitative estimate of drug-likeness (QED) is 0.681. The lowest BCUT2D eigenvalue weighted by molar-refractivity contribution is 0.136. The monoisotopic (exact) mass is 377 g/mol. The van der Waals surface area contributed by atoms with Crippen LogP contribution in [0.15, 0.2) is 18.2 Å². The number of nitrogens with zero attached hydrogens (tertiary/aromatic N) is 3. The second-order valence-electron chi connectivity index (χ2n) is 7.14. The van der Waals surface area contributed by atoms with E-state index in [0.29, 0.717) is 19.5 Å². The van der Waals surface area contributed by atoms with Gasteiger partial charge in [0.05, 0.1) is 6.07 Å². The Bertz CT molecular complexity index is 687. The summed E-state index contributed by atoms with van der Waals surface area (Å²) >= 11 is 1.14. The van der Waals surface area contributed by atoms with Crippen molar-refractivity contribution < 1.29 is 14.6 Å². The Kier molecular flexibility index (Phi) is 6.79. The summed E-state index contributed by atoms with van der Waals surface area (Å²) in [5.41, 5.74) is 2.19. The van der Waals surface area contributed by atoms with E-state index in [9.17, 15) is 4.79 Å². The first-order valence-electron chi connectivity index (χ1n) is 8.84. The molecule has 1 amide bonds. The summed E-state index contributed by atoms with van der Waals surface area (Å²) in [6.45, 7) is 7.47. The number of hydrogen-bond donors (Lipinski definition) is 1.